The number of hydrogen-bond donors (Lipinski definition) is 1. The second kappa shape index (κ2) is 7.83. The fraction of sp³-hybridized carbons (Fsp3) is 0.294. The molecule has 0 aliphatic heterocycles. The van der Waals surface area contributed by atoms with E-state index in [1.54, 1.807) is 23.9 Å². The van der Waals surface area contributed by atoms with Crippen molar-refractivity contribution in [3.63, 3.8) is 0 Å². The van der Waals surface area contributed by atoms with E-state index < -0.39 is 0 Å². The van der Waals surface area contributed by atoms with E-state index >= 15 is 0 Å². The van der Waals surface area contributed by atoms with Crippen LogP contribution < -0.4 is 5.32 Å². The van der Waals surface area contributed by atoms with E-state index in [4.69, 9.17) is 11.6 Å². The van der Waals surface area contributed by atoms with E-state index in [9.17, 15) is 4.39 Å². The van der Waals surface area contributed by atoms with Crippen molar-refractivity contribution in [1.29, 1.82) is 0 Å². The SMILES string of the molecule is CCNC(C)c1ccc(SCc2cc(Cl)ccc2F)cc1. The van der Waals surface area contributed by atoms with Crippen LogP contribution in [0.3, 0.4) is 0 Å². The fourth-order valence-corrected chi connectivity index (χ4v) is 3.16. The highest BCUT2D eigenvalue weighted by Crippen LogP contribution is 2.27. The van der Waals surface area contributed by atoms with Crippen molar-refractivity contribution in [3.05, 3.63) is 64.4 Å². The molecule has 0 aromatic heterocycles. The number of benzene rings is 2. The van der Waals surface area contributed by atoms with Gasteiger partial charge in [-0.3, -0.25) is 0 Å². The lowest BCUT2D eigenvalue weighted by molar-refractivity contribution is 0.598. The average Bonchev–Trinajstić information content (AvgIpc) is 2.49. The van der Waals surface area contributed by atoms with Crippen molar-refractivity contribution in [2.75, 3.05) is 6.54 Å². The largest absolute Gasteiger partial charge is 0.310 e. The van der Waals surface area contributed by atoms with E-state index in [-0.39, 0.29) is 5.82 Å². The molecule has 4 heteroatoms. The van der Waals surface area contributed by atoms with Crippen LogP contribution in [0.5, 0.6) is 0 Å². The average molecular weight is 324 g/mol. The molecule has 112 valence electrons. The van der Waals surface area contributed by atoms with Crippen LogP contribution in [0.1, 0.15) is 31.0 Å². The van der Waals surface area contributed by atoms with Crippen molar-refractivity contribution in [2.24, 2.45) is 0 Å². The Labute approximate surface area is 134 Å². The molecule has 1 N–H and O–H groups in total. The van der Waals surface area contributed by atoms with Gasteiger partial charge in [0, 0.05) is 21.7 Å². The topological polar surface area (TPSA) is 12.0 Å². The van der Waals surface area contributed by atoms with Crippen LogP contribution in [0.4, 0.5) is 4.39 Å². The molecule has 0 aliphatic carbocycles. The van der Waals surface area contributed by atoms with Crippen LogP contribution in [0.15, 0.2) is 47.4 Å². The summed E-state index contributed by atoms with van der Waals surface area (Å²) in [5.74, 6) is 0.374. The normalized spacial score (nSPS) is 12.4. The fourth-order valence-electron chi connectivity index (χ4n) is 2.09. The van der Waals surface area contributed by atoms with Crippen LogP contribution in [-0.2, 0) is 5.75 Å². The molecule has 0 saturated heterocycles. The second-order valence-electron chi connectivity index (χ2n) is 4.87. The van der Waals surface area contributed by atoms with Gasteiger partial charge >= 0.3 is 0 Å². The summed E-state index contributed by atoms with van der Waals surface area (Å²) < 4.78 is 13.6. The Morgan fingerprint density at radius 2 is 1.90 bits per heavy atom. The van der Waals surface area contributed by atoms with Crippen LogP contribution in [0, 0.1) is 5.82 Å². The molecule has 2 aromatic carbocycles. The van der Waals surface area contributed by atoms with Crippen LogP contribution in [0.2, 0.25) is 5.02 Å². The van der Waals surface area contributed by atoms with E-state index in [1.165, 1.54) is 11.6 Å². The van der Waals surface area contributed by atoms with Gasteiger partial charge in [-0.2, -0.15) is 0 Å². The summed E-state index contributed by atoms with van der Waals surface area (Å²) >= 11 is 7.51. The van der Waals surface area contributed by atoms with Gasteiger partial charge in [-0.1, -0.05) is 30.7 Å². The predicted molar refractivity (Wildman–Crippen MR) is 89.5 cm³/mol. The first-order valence-electron chi connectivity index (χ1n) is 7.00. The Morgan fingerprint density at radius 1 is 1.19 bits per heavy atom. The molecule has 2 aromatic rings. The molecule has 0 fully saturated rings. The lowest BCUT2D eigenvalue weighted by Gasteiger charge is -2.13. The highest BCUT2D eigenvalue weighted by atomic mass is 35.5. The summed E-state index contributed by atoms with van der Waals surface area (Å²) in [5, 5.41) is 3.95. The summed E-state index contributed by atoms with van der Waals surface area (Å²) in [6.07, 6.45) is 0. The lowest BCUT2D eigenvalue weighted by atomic mass is 10.1. The highest BCUT2D eigenvalue weighted by molar-refractivity contribution is 7.98. The quantitative estimate of drug-likeness (QED) is 0.710. The number of halogens is 2. The maximum atomic E-state index is 13.6. The minimum atomic E-state index is -0.204. The Morgan fingerprint density at radius 3 is 2.57 bits per heavy atom. The molecule has 0 spiro atoms. The molecular formula is C17H19ClFNS. The monoisotopic (exact) mass is 323 g/mol. The number of hydrogen-bond acceptors (Lipinski definition) is 2. The zero-order valence-electron chi connectivity index (χ0n) is 12.2. The zero-order valence-corrected chi connectivity index (χ0v) is 13.8. The third kappa shape index (κ3) is 4.73. The minimum Gasteiger partial charge on any atom is -0.310 e. The van der Waals surface area contributed by atoms with Gasteiger partial charge in [0.05, 0.1) is 0 Å². The summed E-state index contributed by atoms with van der Waals surface area (Å²) in [4.78, 5) is 1.13. The molecule has 1 atom stereocenters. The van der Waals surface area contributed by atoms with Crippen molar-refractivity contribution in [2.45, 2.75) is 30.5 Å². The Hall–Kier alpha value is -1.03. The molecule has 0 saturated carbocycles. The van der Waals surface area contributed by atoms with Crippen molar-refractivity contribution >= 4 is 23.4 Å². The molecule has 1 unspecified atom stereocenters. The van der Waals surface area contributed by atoms with Crippen molar-refractivity contribution in [3.8, 4) is 0 Å². The van der Waals surface area contributed by atoms with Gasteiger partial charge in [0.1, 0.15) is 5.82 Å². The van der Waals surface area contributed by atoms with Gasteiger partial charge in [-0.05, 0) is 54.9 Å². The molecule has 0 radical (unpaired) electrons. The number of nitrogens with one attached hydrogen (secondary N) is 1. The van der Waals surface area contributed by atoms with E-state index in [0.717, 1.165) is 11.4 Å². The van der Waals surface area contributed by atoms with Crippen LogP contribution in [0.25, 0.3) is 0 Å². The van der Waals surface area contributed by atoms with Crippen molar-refractivity contribution in [1.82, 2.24) is 5.32 Å². The molecular weight excluding hydrogens is 305 g/mol. The maximum Gasteiger partial charge on any atom is 0.127 e. The van der Waals surface area contributed by atoms with E-state index in [0.29, 0.717) is 22.4 Å². The Balaban J connectivity index is 1.99. The lowest BCUT2D eigenvalue weighted by Crippen LogP contribution is -2.17. The molecule has 1 nitrogen and oxygen atoms in total. The molecule has 21 heavy (non-hydrogen) atoms. The van der Waals surface area contributed by atoms with Gasteiger partial charge in [0.15, 0.2) is 0 Å². The van der Waals surface area contributed by atoms with Crippen LogP contribution >= 0.6 is 23.4 Å². The summed E-state index contributed by atoms with van der Waals surface area (Å²) in [7, 11) is 0. The Kier molecular flexibility index (Phi) is 6.09. The van der Waals surface area contributed by atoms with Gasteiger partial charge in [0.2, 0.25) is 0 Å². The third-order valence-corrected chi connectivity index (χ3v) is 4.59. The standard InChI is InChI=1S/C17H19ClFNS/c1-3-20-12(2)13-4-7-16(8-5-13)21-11-14-10-15(18)6-9-17(14)19/h4-10,12,20H,3,11H2,1-2H3. The van der Waals surface area contributed by atoms with Gasteiger partial charge in [0.25, 0.3) is 0 Å². The summed E-state index contributed by atoms with van der Waals surface area (Å²) in [6, 6.07) is 13.4. The van der Waals surface area contributed by atoms with Gasteiger partial charge in [-0.15, -0.1) is 11.8 Å². The molecule has 0 bridgehead atoms. The zero-order chi connectivity index (χ0) is 15.2. The first kappa shape index (κ1) is 16.3. The van der Waals surface area contributed by atoms with Gasteiger partial charge in [-0.25, -0.2) is 4.39 Å². The molecule has 0 aliphatic rings. The molecule has 0 amide bonds. The van der Waals surface area contributed by atoms with E-state index in [1.807, 2.05) is 0 Å². The highest BCUT2D eigenvalue weighted by Gasteiger charge is 2.06. The Bertz CT molecular complexity index is 586. The summed E-state index contributed by atoms with van der Waals surface area (Å²) in [5.41, 5.74) is 1.90. The van der Waals surface area contributed by atoms with Crippen molar-refractivity contribution < 1.29 is 4.39 Å². The third-order valence-electron chi connectivity index (χ3n) is 3.29. The molecule has 0 heterocycles. The number of rotatable bonds is 6. The van der Waals surface area contributed by atoms with Crippen LogP contribution in [-0.4, -0.2) is 6.54 Å². The molecule has 2 rings (SSSR count). The predicted octanol–water partition coefficient (Wildman–Crippen LogP) is 5.44. The smallest absolute Gasteiger partial charge is 0.127 e. The first-order chi connectivity index (χ1) is 10.1. The number of thioether (sulfide) groups is 1. The minimum absolute atomic E-state index is 0.204. The van der Waals surface area contributed by atoms with Gasteiger partial charge < -0.3 is 5.32 Å². The maximum absolute atomic E-state index is 13.6. The summed E-state index contributed by atoms with van der Waals surface area (Å²) in [6.45, 7) is 5.19. The second-order valence-corrected chi connectivity index (χ2v) is 6.36. The first-order valence-corrected chi connectivity index (χ1v) is 8.36. The van der Waals surface area contributed by atoms with E-state index in [2.05, 4.69) is 43.4 Å².